The molecular formula is C17H18Cl2N2O. The van der Waals surface area contributed by atoms with E-state index < -0.39 is 0 Å². The summed E-state index contributed by atoms with van der Waals surface area (Å²) in [5.74, 6) is -0.0866. The highest BCUT2D eigenvalue weighted by atomic mass is 35.5. The van der Waals surface area contributed by atoms with Crippen LogP contribution in [0.3, 0.4) is 0 Å². The first-order chi connectivity index (χ1) is 10.6. The number of halogens is 2. The highest BCUT2D eigenvalue weighted by molar-refractivity contribution is 6.31. The van der Waals surface area contributed by atoms with Crippen LogP contribution in [0, 0.1) is 6.92 Å². The Kier molecular flexibility index (Phi) is 6.25. The fourth-order valence-corrected chi connectivity index (χ4v) is 2.45. The lowest BCUT2D eigenvalue weighted by Crippen LogP contribution is -2.29. The molecule has 0 saturated carbocycles. The molecule has 0 bridgehead atoms. The van der Waals surface area contributed by atoms with Crippen LogP contribution >= 0.6 is 23.2 Å². The van der Waals surface area contributed by atoms with Crippen LogP contribution in [0.25, 0.3) is 0 Å². The average molecular weight is 337 g/mol. The number of benzene rings is 2. The molecule has 2 aromatic carbocycles. The van der Waals surface area contributed by atoms with Crippen LogP contribution in [0.1, 0.15) is 11.1 Å². The molecule has 22 heavy (non-hydrogen) atoms. The van der Waals surface area contributed by atoms with Crippen LogP contribution in [0.5, 0.6) is 0 Å². The number of anilines is 1. The Morgan fingerprint density at radius 1 is 1.14 bits per heavy atom. The second-order valence-corrected chi connectivity index (χ2v) is 5.86. The van der Waals surface area contributed by atoms with Gasteiger partial charge in [-0.3, -0.25) is 4.79 Å². The highest BCUT2D eigenvalue weighted by Gasteiger charge is 2.06. The molecule has 0 fully saturated rings. The topological polar surface area (TPSA) is 41.1 Å². The van der Waals surface area contributed by atoms with Gasteiger partial charge in [0.2, 0.25) is 5.91 Å². The fraction of sp³-hybridized carbons (Fsp3) is 0.235. The van der Waals surface area contributed by atoms with Gasteiger partial charge in [0.1, 0.15) is 0 Å². The molecule has 0 aliphatic rings. The van der Waals surface area contributed by atoms with E-state index in [1.165, 1.54) is 0 Å². The molecule has 5 heteroatoms. The number of rotatable bonds is 6. The van der Waals surface area contributed by atoms with Gasteiger partial charge >= 0.3 is 0 Å². The van der Waals surface area contributed by atoms with Gasteiger partial charge in [-0.25, -0.2) is 0 Å². The zero-order chi connectivity index (χ0) is 15.9. The molecule has 0 aromatic heterocycles. The number of amides is 1. The summed E-state index contributed by atoms with van der Waals surface area (Å²) in [4.78, 5) is 11.9. The maximum Gasteiger partial charge on any atom is 0.238 e. The molecule has 2 aromatic rings. The van der Waals surface area contributed by atoms with Crippen LogP contribution in [-0.2, 0) is 11.2 Å². The first-order valence-corrected chi connectivity index (χ1v) is 7.82. The molecule has 1 amide bonds. The summed E-state index contributed by atoms with van der Waals surface area (Å²) < 4.78 is 0. The van der Waals surface area contributed by atoms with Gasteiger partial charge in [0.15, 0.2) is 0 Å². The van der Waals surface area contributed by atoms with Crippen molar-refractivity contribution in [1.82, 2.24) is 5.32 Å². The normalized spacial score (nSPS) is 10.5. The summed E-state index contributed by atoms with van der Waals surface area (Å²) in [6.07, 6.45) is 0.823. The Bertz CT molecular complexity index is 659. The third kappa shape index (κ3) is 5.02. The first-order valence-electron chi connectivity index (χ1n) is 7.06. The summed E-state index contributed by atoms with van der Waals surface area (Å²) in [7, 11) is 0. The summed E-state index contributed by atoms with van der Waals surface area (Å²) >= 11 is 12.0. The van der Waals surface area contributed by atoms with Crippen molar-refractivity contribution in [3.05, 3.63) is 63.6 Å². The van der Waals surface area contributed by atoms with E-state index in [1.807, 2.05) is 43.3 Å². The Morgan fingerprint density at radius 2 is 1.91 bits per heavy atom. The molecule has 3 nitrogen and oxygen atoms in total. The summed E-state index contributed by atoms with van der Waals surface area (Å²) in [6.45, 7) is 2.85. The third-order valence-electron chi connectivity index (χ3n) is 3.31. The van der Waals surface area contributed by atoms with Gasteiger partial charge in [-0.1, -0.05) is 41.4 Å². The van der Waals surface area contributed by atoms with Crippen LogP contribution in [0.2, 0.25) is 10.0 Å². The van der Waals surface area contributed by atoms with Gasteiger partial charge < -0.3 is 10.6 Å². The second-order valence-electron chi connectivity index (χ2n) is 5.02. The molecule has 0 unspecified atom stereocenters. The Labute approximate surface area is 140 Å². The van der Waals surface area contributed by atoms with Crippen molar-refractivity contribution >= 4 is 34.8 Å². The van der Waals surface area contributed by atoms with Crippen LogP contribution in [-0.4, -0.2) is 19.0 Å². The number of hydrogen-bond donors (Lipinski definition) is 2. The van der Waals surface area contributed by atoms with Crippen LogP contribution in [0.15, 0.2) is 42.5 Å². The highest BCUT2D eigenvalue weighted by Crippen LogP contribution is 2.22. The van der Waals surface area contributed by atoms with Gasteiger partial charge in [-0.2, -0.15) is 0 Å². The first kappa shape index (κ1) is 16.8. The van der Waals surface area contributed by atoms with E-state index in [1.54, 1.807) is 6.07 Å². The summed E-state index contributed by atoms with van der Waals surface area (Å²) in [5, 5.41) is 7.34. The predicted octanol–water partition coefficient (Wildman–Crippen LogP) is 4.07. The predicted molar refractivity (Wildman–Crippen MR) is 92.8 cm³/mol. The standard InChI is InChI=1S/C17H18Cl2N2O/c1-12-15(19)6-3-7-16(12)21-17(22)11-20-9-8-13-4-2-5-14(18)10-13/h2-7,10,20H,8-9,11H2,1H3,(H,21,22). The van der Waals surface area contributed by atoms with E-state index >= 15 is 0 Å². The maximum atomic E-state index is 11.9. The van der Waals surface area contributed by atoms with E-state index in [0.717, 1.165) is 28.3 Å². The van der Waals surface area contributed by atoms with Crippen molar-refractivity contribution in [1.29, 1.82) is 0 Å². The minimum absolute atomic E-state index is 0.0866. The Morgan fingerprint density at radius 3 is 2.68 bits per heavy atom. The number of hydrogen-bond acceptors (Lipinski definition) is 2. The molecule has 2 N–H and O–H groups in total. The second kappa shape index (κ2) is 8.18. The number of carbonyl (C=O) groups excluding carboxylic acids is 1. The third-order valence-corrected chi connectivity index (χ3v) is 3.95. The van der Waals surface area contributed by atoms with E-state index in [0.29, 0.717) is 11.6 Å². The lowest BCUT2D eigenvalue weighted by Gasteiger charge is -2.10. The summed E-state index contributed by atoms with van der Waals surface area (Å²) in [5.41, 5.74) is 2.76. The Balaban J connectivity index is 1.75. The number of nitrogens with one attached hydrogen (secondary N) is 2. The molecule has 0 radical (unpaired) electrons. The van der Waals surface area contributed by atoms with Crippen LogP contribution in [0.4, 0.5) is 5.69 Å². The quantitative estimate of drug-likeness (QED) is 0.780. The molecule has 0 heterocycles. The monoisotopic (exact) mass is 336 g/mol. The molecule has 116 valence electrons. The minimum atomic E-state index is -0.0866. The van der Waals surface area contributed by atoms with Gasteiger partial charge in [0, 0.05) is 15.7 Å². The molecule has 0 atom stereocenters. The molecule has 0 aliphatic heterocycles. The van der Waals surface area contributed by atoms with E-state index in [2.05, 4.69) is 10.6 Å². The average Bonchev–Trinajstić information content (AvgIpc) is 2.49. The van der Waals surface area contributed by atoms with Gasteiger partial charge in [0.05, 0.1) is 6.54 Å². The van der Waals surface area contributed by atoms with Crippen molar-refractivity contribution in [3.8, 4) is 0 Å². The van der Waals surface area contributed by atoms with Crippen molar-refractivity contribution in [2.24, 2.45) is 0 Å². The van der Waals surface area contributed by atoms with E-state index in [4.69, 9.17) is 23.2 Å². The SMILES string of the molecule is Cc1c(Cl)cccc1NC(=O)CNCCc1cccc(Cl)c1. The smallest absolute Gasteiger partial charge is 0.238 e. The van der Waals surface area contributed by atoms with Crippen molar-refractivity contribution in [2.75, 3.05) is 18.4 Å². The molecule has 0 aliphatic carbocycles. The lowest BCUT2D eigenvalue weighted by molar-refractivity contribution is -0.115. The van der Waals surface area contributed by atoms with Gasteiger partial charge in [0.25, 0.3) is 0 Å². The minimum Gasteiger partial charge on any atom is -0.325 e. The van der Waals surface area contributed by atoms with E-state index in [9.17, 15) is 4.79 Å². The molecular weight excluding hydrogens is 319 g/mol. The van der Waals surface area contributed by atoms with Crippen molar-refractivity contribution in [2.45, 2.75) is 13.3 Å². The molecule has 2 rings (SSSR count). The summed E-state index contributed by atoms with van der Waals surface area (Å²) in [6, 6.07) is 13.2. The Hall–Kier alpha value is -1.55. The largest absolute Gasteiger partial charge is 0.325 e. The van der Waals surface area contributed by atoms with Crippen LogP contribution < -0.4 is 10.6 Å². The fourth-order valence-electron chi connectivity index (χ4n) is 2.06. The van der Waals surface area contributed by atoms with E-state index in [-0.39, 0.29) is 12.5 Å². The zero-order valence-electron chi connectivity index (χ0n) is 12.3. The van der Waals surface area contributed by atoms with Gasteiger partial charge in [-0.15, -0.1) is 0 Å². The van der Waals surface area contributed by atoms with Crippen molar-refractivity contribution < 1.29 is 4.79 Å². The zero-order valence-corrected chi connectivity index (χ0v) is 13.8. The van der Waals surface area contributed by atoms with Crippen molar-refractivity contribution in [3.63, 3.8) is 0 Å². The molecule has 0 spiro atoms. The molecule has 0 saturated heterocycles. The lowest BCUT2D eigenvalue weighted by atomic mass is 10.1. The van der Waals surface area contributed by atoms with Gasteiger partial charge in [-0.05, 0) is 55.3 Å². The maximum absolute atomic E-state index is 11.9. The number of carbonyl (C=O) groups is 1.